The first-order valence-electron chi connectivity index (χ1n) is 5.37. The van der Waals surface area contributed by atoms with Crippen LogP contribution in [0.3, 0.4) is 0 Å². The van der Waals surface area contributed by atoms with Crippen molar-refractivity contribution in [1.82, 2.24) is 0 Å². The first kappa shape index (κ1) is 12.9. The molecule has 1 aromatic carbocycles. The number of hydrogen-bond donors (Lipinski definition) is 2. The van der Waals surface area contributed by atoms with Crippen molar-refractivity contribution in [2.75, 3.05) is 7.11 Å². The molecule has 2 atom stereocenters. The maximum Gasteiger partial charge on any atom is 0.131 e. The van der Waals surface area contributed by atoms with Crippen LogP contribution in [0.4, 0.5) is 4.39 Å². The average Bonchev–Trinajstić information content (AvgIpc) is 2.28. The number of ether oxygens (including phenoxy) is 1. The lowest BCUT2D eigenvalue weighted by atomic mass is 9.98. The molecule has 1 aromatic rings. The highest BCUT2D eigenvalue weighted by atomic mass is 19.1. The second-order valence-corrected chi connectivity index (χ2v) is 3.77. The van der Waals surface area contributed by atoms with Crippen molar-refractivity contribution in [3.8, 4) is 5.75 Å². The molecule has 0 aliphatic carbocycles. The van der Waals surface area contributed by atoms with Crippen molar-refractivity contribution in [3.63, 3.8) is 0 Å². The van der Waals surface area contributed by atoms with E-state index in [1.807, 2.05) is 6.92 Å². The van der Waals surface area contributed by atoms with Gasteiger partial charge in [-0.1, -0.05) is 19.4 Å². The van der Waals surface area contributed by atoms with Crippen LogP contribution in [0.2, 0.25) is 0 Å². The summed E-state index contributed by atoms with van der Waals surface area (Å²) in [6.07, 6.45) is 0.659. The number of benzene rings is 1. The standard InChI is InChI=1S/C12H18FNO2/c1-3-4-11(15)12(14)9-6-5-8(16-2)7-10(9)13/h5-7,11-12,15H,3-4,14H2,1-2H3/t11-,12+/m0/s1. The van der Waals surface area contributed by atoms with Crippen LogP contribution in [0.5, 0.6) is 5.75 Å². The van der Waals surface area contributed by atoms with Gasteiger partial charge in [0.25, 0.3) is 0 Å². The third-order valence-electron chi connectivity index (χ3n) is 2.57. The maximum atomic E-state index is 13.6. The maximum absolute atomic E-state index is 13.6. The molecule has 16 heavy (non-hydrogen) atoms. The molecule has 0 unspecified atom stereocenters. The SMILES string of the molecule is CCC[C@H](O)[C@H](N)c1ccc(OC)cc1F. The highest BCUT2D eigenvalue weighted by Gasteiger charge is 2.19. The van der Waals surface area contributed by atoms with E-state index in [-0.39, 0.29) is 0 Å². The van der Waals surface area contributed by atoms with Crippen LogP contribution in [0.25, 0.3) is 0 Å². The molecule has 0 saturated heterocycles. The molecule has 0 aliphatic heterocycles. The summed E-state index contributed by atoms with van der Waals surface area (Å²) in [7, 11) is 1.47. The molecular formula is C12H18FNO2. The number of hydrogen-bond acceptors (Lipinski definition) is 3. The summed E-state index contributed by atoms with van der Waals surface area (Å²) in [4.78, 5) is 0. The number of rotatable bonds is 5. The molecule has 0 aromatic heterocycles. The van der Waals surface area contributed by atoms with Crippen LogP contribution in [-0.4, -0.2) is 18.3 Å². The second kappa shape index (κ2) is 5.82. The summed E-state index contributed by atoms with van der Waals surface area (Å²) in [5.74, 6) is 0.000402. The van der Waals surface area contributed by atoms with Gasteiger partial charge in [-0.3, -0.25) is 0 Å². The van der Waals surface area contributed by atoms with Gasteiger partial charge in [-0.05, 0) is 12.5 Å². The molecule has 0 spiro atoms. The number of methoxy groups -OCH3 is 1. The predicted octanol–water partition coefficient (Wildman–Crippen LogP) is 2.00. The van der Waals surface area contributed by atoms with Crippen molar-refractivity contribution in [2.45, 2.75) is 31.9 Å². The second-order valence-electron chi connectivity index (χ2n) is 3.77. The lowest BCUT2D eigenvalue weighted by molar-refractivity contribution is 0.133. The monoisotopic (exact) mass is 227 g/mol. The van der Waals surface area contributed by atoms with Gasteiger partial charge in [-0.15, -0.1) is 0 Å². The number of aliphatic hydroxyl groups is 1. The van der Waals surface area contributed by atoms with Crippen LogP contribution in [0, 0.1) is 5.82 Å². The number of aliphatic hydroxyl groups excluding tert-OH is 1. The fraction of sp³-hybridized carbons (Fsp3) is 0.500. The molecule has 0 aliphatic rings. The summed E-state index contributed by atoms with van der Waals surface area (Å²) in [5.41, 5.74) is 6.11. The van der Waals surface area contributed by atoms with E-state index in [0.29, 0.717) is 17.7 Å². The minimum atomic E-state index is -0.715. The Bertz CT molecular complexity index is 344. The molecule has 0 saturated carbocycles. The summed E-state index contributed by atoms with van der Waals surface area (Å²) < 4.78 is 18.5. The van der Waals surface area contributed by atoms with Crippen LogP contribution in [0.15, 0.2) is 18.2 Å². The molecule has 90 valence electrons. The first-order chi connectivity index (χ1) is 7.60. The quantitative estimate of drug-likeness (QED) is 0.808. The van der Waals surface area contributed by atoms with Gasteiger partial charge in [0, 0.05) is 11.6 Å². The van der Waals surface area contributed by atoms with Crippen molar-refractivity contribution in [1.29, 1.82) is 0 Å². The molecule has 0 amide bonds. The number of nitrogens with two attached hydrogens (primary N) is 1. The molecule has 0 heterocycles. The largest absolute Gasteiger partial charge is 0.497 e. The van der Waals surface area contributed by atoms with Gasteiger partial charge < -0.3 is 15.6 Å². The Balaban J connectivity index is 2.87. The minimum absolute atomic E-state index is 0.321. The van der Waals surface area contributed by atoms with E-state index in [2.05, 4.69) is 0 Å². The van der Waals surface area contributed by atoms with Gasteiger partial charge in [0.1, 0.15) is 11.6 Å². The van der Waals surface area contributed by atoms with Crippen molar-refractivity contribution in [3.05, 3.63) is 29.6 Å². The van der Waals surface area contributed by atoms with Crippen LogP contribution >= 0.6 is 0 Å². The Labute approximate surface area is 95.0 Å². The molecular weight excluding hydrogens is 209 g/mol. The molecule has 0 radical (unpaired) electrons. The fourth-order valence-electron chi connectivity index (χ4n) is 1.59. The molecule has 0 fully saturated rings. The normalized spacial score (nSPS) is 14.6. The van der Waals surface area contributed by atoms with Gasteiger partial charge in [0.15, 0.2) is 0 Å². The molecule has 1 rings (SSSR count). The zero-order valence-corrected chi connectivity index (χ0v) is 9.61. The third-order valence-corrected chi connectivity index (χ3v) is 2.57. The Morgan fingerprint density at radius 2 is 2.19 bits per heavy atom. The van der Waals surface area contributed by atoms with Crippen LogP contribution in [-0.2, 0) is 0 Å². The Morgan fingerprint density at radius 3 is 2.69 bits per heavy atom. The summed E-state index contributed by atoms with van der Waals surface area (Å²) in [6.45, 7) is 1.94. The molecule has 0 bridgehead atoms. The van der Waals surface area contributed by atoms with Crippen LogP contribution < -0.4 is 10.5 Å². The van der Waals surface area contributed by atoms with E-state index in [9.17, 15) is 9.50 Å². The number of halogens is 1. The Morgan fingerprint density at radius 1 is 1.50 bits per heavy atom. The van der Waals surface area contributed by atoms with Gasteiger partial charge in [0.05, 0.1) is 19.3 Å². The van der Waals surface area contributed by atoms with Gasteiger partial charge in [-0.25, -0.2) is 4.39 Å². The zero-order chi connectivity index (χ0) is 12.1. The topological polar surface area (TPSA) is 55.5 Å². The van der Waals surface area contributed by atoms with E-state index in [1.165, 1.54) is 13.2 Å². The molecule has 4 heteroatoms. The highest BCUT2D eigenvalue weighted by molar-refractivity contribution is 5.31. The summed E-state index contributed by atoms with van der Waals surface area (Å²) in [5, 5.41) is 9.70. The average molecular weight is 227 g/mol. The Hall–Kier alpha value is -1.13. The zero-order valence-electron chi connectivity index (χ0n) is 9.61. The van der Waals surface area contributed by atoms with Gasteiger partial charge >= 0.3 is 0 Å². The smallest absolute Gasteiger partial charge is 0.131 e. The highest BCUT2D eigenvalue weighted by Crippen LogP contribution is 2.23. The van der Waals surface area contributed by atoms with Gasteiger partial charge in [-0.2, -0.15) is 0 Å². The lowest BCUT2D eigenvalue weighted by Crippen LogP contribution is -2.26. The van der Waals surface area contributed by atoms with E-state index in [1.54, 1.807) is 12.1 Å². The lowest BCUT2D eigenvalue weighted by Gasteiger charge is -2.19. The van der Waals surface area contributed by atoms with Crippen LogP contribution in [0.1, 0.15) is 31.4 Å². The fourth-order valence-corrected chi connectivity index (χ4v) is 1.59. The molecule has 3 N–H and O–H groups in total. The van der Waals surface area contributed by atoms with E-state index in [4.69, 9.17) is 10.5 Å². The summed E-state index contributed by atoms with van der Waals surface area (Å²) >= 11 is 0. The van der Waals surface area contributed by atoms with Crippen molar-refractivity contribution < 1.29 is 14.2 Å². The third kappa shape index (κ3) is 2.93. The van der Waals surface area contributed by atoms with E-state index >= 15 is 0 Å². The van der Waals surface area contributed by atoms with E-state index < -0.39 is 18.0 Å². The van der Waals surface area contributed by atoms with Crippen molar-refractivity contribution in [2.24, 2.45) is 5.73 Å². The summed E-state index contributed by atoms with van der Waals surface area (Å²) in [6, 6.07) is 3.77. The first-order valence-corrected chi connectivity index (χ1v) is 5.37. The minimum Gasteiger partial charge on any atom is -0.497 e. The van der Waals surface area contributed by atoms with Gasteiger partial charge in [0.2, 0.25) is 0 Å². The van der Waals surface area contributed by atoms with Crippen molar-refractivity contribution >= 4 is 0 Å². The Kier molecular flexibility index (Phi) is 4.71. The van der Waals surface area contributed by atoms with E-state index in [0.717, 1.165) is 6.42 Å². The predicted molar refractivity (Wildman–Crippen MR) is 60.8 cm³/mol. The molecule has 3 nitrogen and oxygen atoms in total.